The fourth-order valence-electron chi connectivity index (χ4n) is 3.14. The predicted molar refractivity (Wildman–Crippen MR) is 75.9 cm³/mol. The molecule has 4 heteroatoms. The van der Waals surface area contributed by atoms with E-state index in [4.69, 9.17) is 4.98 Å². The van der Waals surface area contributed by atoms with E-state index in [9.17, 15) is 0 Å². The lowest BCUT2D eigenvalue weighted by Crippen LogP contribution is -2.35. The first-order valence-electron chi connectivity index (χ1n) is 7.25. The lowest BCUT2D eigenvalue weighted by Gasteiger charge is -2.22. The Kier molecular flexibility index (Phi) is 3.97. The second kappa shape index (κ2) is 5.68. The number of aryl methyl sites for hydroxylation is 1. The highest BCUT2D eigenvalue weighted by Gasteiger charge is 2.29. The summed E-state index contributed by atoms with van der Waals surface area (Å²) in [6, 6.07) is 1.51. The van der Waals surface area contributed by atoms with E-state index in [-0.39, 0.29) is 0 Å². The van der Waals surface area contributed by atoms with Gasteiger partial charge in [0.05, 0.1) is 10.7 Å². The molecule has 0 aliphatic carbocycles. The molecule has 1 N–H and O–H groups in total. The van der Waals surface area contributed by atoms with Crippen LogP contribution in [-0.4, -0.2) is 35.1 Å². The SMILES string of the molecule is CCCc1nc(CN2CCC3CCC(C2)N3)cs1. The number of likely N-dealkylation sites (tertiary alicyclic amines) is 1. The van der Waals surface area contributed by atoms with Crippen molar-refractivity contribution in [1.82, 2.24) is 15.2 Å². The molecule has 2 aliphatic heterocycles. The van der Waals surface area contributed by atoms with E-state index in [2.05, 4.69) is 22.5 Å². The summed E-state index contributed by atoms with van der Waals surface area (Å²) in [5.74, 6) is 0. The van der Waals surface area contributed by atoms with Gasteiger partial charge in [-0.1, -0.05) is 6.92 Å². The van der Waals surface area contributed by atoms with E-state index in [0.29, 0.717) is 0 Å². The summed E-state index contributed by atoms with van der Waals surface area (Å²) in [6.45, 7) is 5.70. The molecule has 0 aromatic carbocycles. The fourth-order valence-corrected chi connectivity index (χ4v) is 4.03. The lowest BCUT2D eigenvalue weighted by atomic mass is 10.1. The highest BCUT2D eigenvalue weighted by atomic mass is 32.1. The zero-order chi connectivity index (χ0) is 12.4. The highest BCUT2D eigenvalue weighted by molar-refractivity contribution is 7.09. The normalized spacial score (nSPS) is 28.5. The number of fused-ring (bicyclic) bond motifs is 2. The summed E-state index contributed by atoms with van der Waals surface area (Å²) < 4.78 is 0. The molecule has 3 nitrogen and oxygen atoms in total. The predicted octanol–water partition coefficient (Wildman–Crippen LogP) is 2.42. The second-order valence-corrected chi connectivity index (χ2v) is 6.59. The summed E-state index contributed by atoms with van der Waals surface area (Å²) >= 11 is 1.83. The Morgan fingerprint density at radius 2 is 2.28 bits per heavy atom. The molecule has 2 saturated heterocycles. The van der Waals surface area contributed by atoms with Gasteiger partial charge in [0.15, 0.2) is 0 Å². The van der Waals surface area contributed by atoms with Gasteiger partial charge in [-0.3, -0.25) is 4.90 Å². The molecular formula is C14H23N3S. The smallest absolute Gasteiger partial charge is 0.0928 e. The molecule has 2 fully saturated rings. The van der Waals surface area contributed by atoms with E-state index >= 15 is 0 Å². The van der Waals surface area contributed by atoms with Crippen LogP contribution in [0.1, 0.15) is 43.3 Å². The molecule has 18 heavy (non-hydrogen) atoms. The summed E-state index contributed by atoms with van der Waals surface area (Å²) in [7, 11) is 0. The van der Waals surface area contributed by atoms with Gasteiger partial charge in [0.25, 0.3) is 0 Å². The number of rotatable bonds is 4. The first kappa shape index (κ1) is 12.6. The molecule has 1 aromatic heterocycles. The Bertz CT molecular complexity index is 390. The van der Waals surface area contributed by atoms with Gasteiger partial charge in [0.2, 0.25) is 0 Å². The minimum Gasteiger partial charge on any atom is -0.310 e. The number of aromatic nitrogens is 1. The summed E-state index contributed by atoms with van der Waals surface area (Å²) in [5, 5.41) is 7.29. The van der Waals surface area contributed by atoms with Crippen LogP contribution in [0.3, 0.4) is 0 Å². The van der Waals surface area contributed by atoms with Gasteiger partial charge in [0.1, 0.15) is 0 Å². The molecule has 100 valence electrons. The Balaban J connectivity index is 1.58. The van der Waals surface area contributed by atoms with E-state index in [1.54, 1.807) is 0 Å². The van der Waals surface area contributed by atoms with Crippen LogP contribution in [0.2, 0.25) is 0 Å². The van der Waals surface area contributed by atoms with Crippen molar-refractivity contribution < 1.29 is 0 Å². The number of nitrogens with zero attached hydrogens (tertiary/aromatic N) is 2. The van der Waals surface area contributed by atoms with Gasteiger partial charge >= 0.3 is 0 Å². The van der Waals surface area contributed by atoms with Gasteiger partial charge in [0, 0.05) is 37.1 Å². The molecule has 0 saturated carbocycles. The molecule has 0 amide bonds. The zero-order valence-corrected chi connectivity index (χ0v) is 12.0. The molecule has 2 aliphatic rings. The van der Waals surface area contributed by atoms with E-state index in [0.717, 1.165) is 25.0 Å². The maximum Gasteiger partial charge on any atom is 0.0928 e. The standard InChI is InChI=1S/C14H23N3S/c1-2-3-14-16-13(10-18-14)9-17-7-6-11-4-5-12(8-17)15-11/h10-12,15H,2-9H2,1H3. The third-order valence-electron chi connectivity index (χ3n) is 4.06. The van der Waals surface area contributed by atoms with Crippen molar-refractivity contribution in [3.8, 4) is 0 Å². The number of thiazole rings is 1. The van der Waals surface area contributed by atoms with Crippen LogP contribution >= 0.6 is 11.3 Å². The van der Waals surface area contributed by atoms with E-state index in [1.807, 2.05) is 11.3 Å². The van der Waals surface area contributed by atoms with Crippen molar-refractivity contribution in [2.45, 2.75) is 57.7 Å². The van der Waals surface area contributed by atoms with Gasteiger partial charge < -0.3 is 5.32 Å². The summed E-state index contributed by atoms with van der Waals surface area (Å²) in [6.07, 6.45) is 6.39. The number of hydrogen-bond acceptors (Lipinski definition) is 4. The van der Waals surface area contributed by atoms with Crippen LogP contribution in [0.4, 0.5) is 0 Å². The molecule has 2 unspecified atom stereocenters. The average molecular weight is 265 g/mol. The highest BCUT2D eigenvalue weighted by Crippen LogP contribution is 2.22. The van der Waals surface area contributed by atoms with E-state index < -0.39 is 0 Å². The maximum absolute atomic E-state index is 4.74. The van der Waals surface area contributed by atoms with Crippen LogP contribution in [0, 0.1) is 0 Å². The molecule has 3 rings (SSSR count). The van der Waals surface area contributed by atoms with Gasteiger partial charge in [-0.2, -0.15) is 0 Å². The molecule has 2 atom stereocenters. The van der Waals surface area contributed by atoms with Crippen LogP contribution in [-0.2, 0) is 13.0 Å². The van der Waals surface area contributed by atoms with Gasteiger partial charge in [-0.15, -0.1) is 11.3 Å². The van der Waals surface area contributed by atoms with Crippen molar-refractivity contribution in [3.05, 3.63) is 16.1 Å². The molecule has 2 bridgehead atoms. The van der Waals surface area contributed by atoms with Crippen molar-refractivity contribution in [3.63, 3.8) is 0 Å². The summed E-state index contributed by atoms with van der Waals surface area (Å²) in [4.78, 5) is 7.33. The first-order chi connectivity index (χ1) is 8.83. The van der Waals surface area contributed by atoms with Crippen LogP contribution in [0.15, 0.2) is 5.38 Å². The second-order valence-electron chi connectivity index (χ2n) is 5.64. The van der Waals surface area contributed by atoms with E-state index in [1.165, 1.54) is 49.5 Å². The van der Waals surface area contributed by atoms with Gasteiger partial charge in [-0.05, 0) is 32.1 Å². The maximum atomic E-state index is 4.74. The average Bonchev–Trinajstić information content (AvgIpc) is 2.90. The fraction of sp³-hybridized carbons (Fsp3) is 0.786. The quantitative estimate of drug-likeness (QED) is 0.906. The van der Waals surface area contributed by atoms with Crippen LogP contribution < -0.4 is 5.32 Å². The first-order valence-corrected chi connectivity index (χ1v) is 8.13. The minimum atomic E-state index is 0.728. The lowest BCUT2D eigenvalue weighted by molar-refractivity contribution is 0.248. The van der Waals surface area contributed by atoms with Crippen molar-refractivity contribution >= 4 is 11.3 Å². The summed E-state index contributed by atoms with van der Waals surface area (Å²) in [5.41, 5.74) is 1.28. The molecule has 0 spiro atoms. The minimum absolute atomic E-state index is 0.728. The van der Waals surface area contributed by atoms with Crippen LogP contribution in [0.25, 0.3) is 0 Å². The molecule has 3 heterocycles. The Morgan fingerprint density at radius 3 is 3.17 bits per heavy atom. The third kappa shape index (κ3) is 2.92. The zero-order valence-electron chi connectivity index (χ0n) is 11.2. The Labute approximate surface area is 114 Å². The monoisotopic (exact) mass is 265 g/mol. The van der Waals surface area contributed by atoms with Crippen molar-refractivity contribution in [2.75, 3.05) is 13.1 Å². The Morgan fingerprint density at radius 1 is 1.39 bits per heavy atom. The Hall–Kier alpha value is -0.450. The van der Waals surface area contributed by atoms with Crippen molar-refractivity contribution in [1.29, 1.82) is 0 Å². The van der Waals surface area contributed by atoms with Gasteiger partial charge in [-0.25, -0.2) is 4.98 Å². The van der Waals surface area contributed by atoms with Crippen LogP contribution in [0.5, 0.6) is 0 Å². The number of hydrogen-bond donors (Lipinski definition) is 1. The van der Waals surface area contributed by atoms with Crippen molar-refractivity contribution in [2.24, 2.45) is 0 Å². The largest absolute Gasteiger partial charge is 0.310 e. The molecule has 0 radical (unpaired) electrons. The molecule has 1 aromatic rings. The topological polar surface area (TPSA) is 28.2 Å². The molecular weight excluding hydrogens is 242 g/mol. The third-order valence-corrected chi connectivity index (χ3v) is 5.01. The number of nitrogens with one attached hydrogen (secondary N) is 1.